The van der Waals surface area contributed by atoms with E-state index in [1.54, 1.807) is 10.6 Å². The van der Waals surface area contributed by atoms with Crippen LogP contribution in [0.5, 0.6) is 0 Å². The minimum absolute atomic E-state index is 0.157. The molecule has 5 heteroatoms. The van der Waals surface area contributed by atoms with Gasteiger partial charge in [0.05, 0.1) is 28.6 Å². The van der Waals surface area contributed by atoms with E-state index in [-0.39, 0.29) is 5.56 Å². The fraction of sp³-hybridized carbons (Fsp3) is 0. The molecular weight excluding hydrogens is 192 g/mol. The molecule has 0 spiro atoms. The number of carboxylic acid groups (broad SMARTS) is 1. The average Bonchev–Trinajstić information content (AvgIpc) is 2.49. The quantitative estimate of drug-likeness (QED) is 0.755. The number of nitrogens with zero attached hydrogens (tertiary/aromatic N) is 2. The number of aromatic nitrogens is 2. The molecule has 0 amide bonds. The van der Waals surface area contributed by atoms with Crippen molar-refractivity contribution >= 4 is 23.1 Å². The molecule has 2 aromatic heterocycles. The number of fused-ring (bicyclic) bond motifs is 1. The summed E-state index contributed by atoms with van der Waals surface area (Å²) in [6.07, 6.45) is 4.60. The minimum atomic E-state index is -1.01. The molecule has 0 radical (unpaired) electrons. The zero-order chi connectivity index (χ0) is 9.42. The van der Waals surface area contributed by atoms with Crippen LogP contribution in [0.3, 0.4) is 0 Å². The normalized spacial score (nSPS) is 10.5. The first-order chi connectivity index (χ1) is 6.18. The number of pyridine rings is 1. The molecule has 0 aromatic carbocycles. The number of carboxylic acids is 1. The molecule has 4 nitrogen and oxygen atoms in total. The summed E-state index contributed by atoms with van der Waals surface area (Å²) in [6, 6.07) is 1.40. The van der Waals surface area contributed by atoms with Crippen molar-refractivity contribution in [1.82, 2.24) is 9.38 Å². The number of imidazole rings is 1. The first-order valence-corrected chi connectivity index (χ1v) is 3.91. The van der Waals surface area contributed by atoms with Gasteiger partial charge in [-0.05, 0) is 6.07 Å². The maximum atomic E-state index is 10.8. The van der Waals surface area contributed by atoms with Crippen LogP contribution in [-0.4, -0.2) is 20.5 Å². The van der Waals surface area contributed by atoms with Gasteiger partial charge in [-0.2, -0.15) is 0 Å². The predicted molar refractivity (Wildman–Crippen MR) is 47.2 cm³/mol. The van der Waals surface area contributed by atoms with Gasteiger partial charge in [-0.25, -0.2) is 9.78 Å². The number of rotatable bonds is 1. The summed E-state index contributed by atoms with van der Waals surface area (Å²) in [5.74, 6) is -1.01. The van der Waals surface area contributed by atoms with Crippen molar-refractivity contribution in [2.45, 2.75) is 0 Å². The summed E-state index contributed by atoms with van der Waals surface area (Å²) < 4.78 is 1.58. The number of aromatic carboxylic acids is 1. The van der Waals surface area contributed by atoms with Gasteiger partial charge in [0, 0.05) is 6.20 Å². The van der Waals surface area contributed by atoms with Crippen LogP contribution in [0, 0.1) is 0 Å². The lowest BCUT2D eigenvalue weighted by Crippen LogP contribution is -1.99. The molecule has 0 aliphatic rings. The molecule has 0 bridgehead atoms. The highest BCUT2D eigenvalue weighted by Gasteiger charge is 2.09. The summed E-state index contributed by atoms with van der Waals surface area (Å²) in [4.78, 5) is 14.6. The van der Waals surface area contributed by atoms with Gasteiger partial charge in [-0.1, -0.05) is 11.6 Å². The van der Waals surface area contributed by atoms with Gasteiger partial charge < -0.3 is 9.51 Å². The Kier molecular flexibility index (Phi) is 1.70. The summed E-state index contributed by atoms with van der Waals surface area (Å²) in [5, 5.41) is 9.20. The van der Waals surface area contributed by atoms with E-state index in [0.29, 0.717) is 10.5 Å². The minimum Gasteiger partial charge on any atom is -0.478 e. The number of hydrogen-bond acceptors (Lipinski definition) is 2. The Labute approximate surface area is 78.4 Å². The van der Waals surface area contributed by atoms with E-state index in [0.717, 1.165) is 0 Å². The third kappa shape index (κ3) is 1.25. The largest absolute Gasteiger partial charge is 0.478 e. The van der Waals surface area contributed by atoms with Gasteiger partial charge in [0.25, 0.3) is 0 Å². The summed E-state index contributed by atoms with van der Waals surface area (Å²) >= 11 is 5.71. The molecule has 0 atom stereocenters. The van der Waals surface area contributed by atoms with E-state index < -0.39 is 5.97 Å². The monoisotopic (exact) mass is 196 g/mol. The fourth-order valence-electron chi connectivity index (χ4n) is 1.17. The maximum absolute atomic E-state index is 10.8. The van der Waals surface area contributed by atoms with Gasteiger partial charge >= 0.3 is 5.97 Å². The third-order valence-electron chi connectivity index (χ3n) is 1.72. The van der Waals surface area contributed by atoms with Crippen LogP contribution in [0.1, 0.15) is 10.4 Å². The van der Waals surface area contributed by atoms with Crippen molar-refractivity contribution in [3.63, 3.8) is 0 Å². The predicted octanol–water partition coefficient (Wildman–Crippen LogP) is 1.69. The lowest BCUT2D eigenvalue weighted by Gasteiger charge is -1.99. The highest BCUT2D eigenvalue weighted by molar-refractivity contribution is 6.31. The molecular formula is C8H5ClN2O2. The first kappa shape index (κ1) is 8.07. The molecule has 0 saturated carbocycles. The first-order valence-electron chi connectivity index (χ1n) is 3.53. The third-order valence-corrected chi connectivity index (χ3v) is 1.92. The summed E-state index contributed by atoms with van der Waals surface area (Å²) in [7, 11) is 0. The van der Waals surface area contributed by atoms with Crippen LogP contribution < -0.4 is 0 Å². The Balaban J connectivity index is 2.84. The Morgan fingerprint density at radius 2 is 2.38 bits per heavy atom. The van der Waals surface area contributed by atoms with Gasteiger partial charge in [0.2, 0.25) is 0 Å². The standard InChI is InChI=1S/C8H5ClN2O2/c9-5-1-6(8(12)13)7-2-10-4-11(7)3-5/h1-4H,(H,12,13). The van der Waals surface area contributed by atoms with E-state index in [1.807, 2.05) is 0 Å². The van der Waals surface area contributed by atoms with E-state index >= 15 is 0 Å². The molecule has 13 heavy (non-hydrogen) atoms. The lowest BCUT2D eigenvalue weighted by atomic mass is 10.2. The molecule has 0 fully saturated rings. The lowest BCUT2D eigenvalue weighted by molar-refractivity contribution is 0.0698. The van der Waals surface area contributed by atoms with Crippen molar-refractivity contribution < 1.29 is 9.90 Å². The maximum Gasteiger partial charge on any atom is 0.337 e. The number of halogens is 1. The highest BCUT2D eigenvalue weighted by atomic mass is 35.5. The molecule has 2 heterocycles. The van der Waals surface area contributed by atoms with Crippen LogP contribution in [-0.2, 0) is 0 Å². The molecule has 2 rings (SSSR count). The van der Waals surface area contributed by atoms with E-state index in [9.17, 15) is 4.79 Å². The molecule has 0 aliphatic carbocycles. The number of carbonyl (C=O) groups is 1. The molecule has 0 aliphatic heterocycles. The Morgan fingerprint density at radius 3 is 3.08 bits per heavy atom. The molecule has 1 N–H and O–H groups in total. The molecule has 2 aromatic rings. The van der Waals surface area contributed by atoms with Crippen LogP contribution >= 0.6 is 11.6 Å². The van der Waals surface area contributed by atoms with Crippen molar-refractivity contribution in [3.05, 3.63) is 35.4 Å². The molecule has 0 saturated heterocycles. The fourth-order valence-corrected chi connectivity index (χ4v) is 1.38. The Bertz CT molecular complexity index is 478. The van der Waals surface area contributed by atoms with Crippen molar-refractivity contribution in [3.8, 4) is 0 Å². The van der Waals surface area contributed by atoms with E-state index in [2.05, 4.69) is 4.98 Å². The summed E-state index contributed by atoms with van der Waals surface area (Å²) in [6.45, 7) is 0. The van der Waals surface area contributed by atoms with Gasteiger partial charge in [-0.15, -0.1) is 0 Å². The Morgan fingerprint density at radius 1 is 1.62 bits per heavy atom. The Hall–Kier alpha value is -1.55. The van der Waals surface area contributed by atoms with Crippen LogP contribution in [0.15, 0.2) is 24.8 Å². The van der Waals surface area contributed by atoms with Crippen molar-refractivity contribution in [2.75, 3.05) is 0 Å². The zero-order valence-electron chi connectivity index (χ0n) is 6.44. The number of hydrogen-bond donors (Lipinski definition) is 1. The second kappa shape index (κ2) is 2.74. The smallest absolute Gasteiger partial charge is 0.337 e. The van der Waals surface area contributed by atoms with Crippen LogP contribution in [0.2, 0.25) is 5.02 Å². The van der Waals surface area contributed by atoms with Crippen LogP contribution in [0.25, 0.3) is 5.52 Å². The van der Waals surface area contributed by atoms with Gasteiger partial charge in [0.15, 0.2) is 0 Å². The van der Waals surface area contributed by atoms with Crippen LogP contribution in [0.4, 0.5) is 0 Å². The molecule has 0 unspecified atom stereocenters. The summed E-state index contributed by atoms with van der Waals surface area (Å²) in [5.41, 5.74) is 0.696. The van der Waals surface area contributed by atoms with Gasteiger partial charge in [0.1, 0.15) is 0 Å². The van der Waals surface area contributed by atoms with E-state index in [1.165, 1.54) is 18.6 Å². The van der Waals surface area contributed by atoms with Crippen molar-refractivity contribution in [1.29, 1.82) is 0 Å². The topological polar surface area (TPSA) is 54.6 Å². The second-order valence-electron chi connectivity index (χ2n) is 2.56. The zero-order valence-corrected chi connectivity index (χ0v) is 7.19. The van der Waals surface area contributed by atoms with Crippen molar-refractivity contribution in [2.24, 2.45) is 0 Å². The highest BCUT2D eigenvalue weighted by Crippen LogP contribution is 2.16. The van der Waals surface area contributed by atoms with Gasteiger partial charge in [-0.3, -0.25) is 0 Å². The SMILES string of the molecule is O=C(O)c1cc(Cl)cn2cncc12. The second-order valence-corrected chi connectivity index (χ2v) is 3.00. The van der Waals surface area contributed by atoms with E-state index in [4.69, 9.17) is 16.7 Å². The average molecular weight is 197 g/mol. The molecule has 66 valence electrons.